The highest BCUT2D eigenvalue weighted by atomic mass is 16.6. The predicted octanol–water partition coefficient (Wildman–Crippen LogP) is 2.18. The van der Waals surface area contributed by atoms with Crippen molar-refractivity contribution in [3.05, 3.63) is 39.4 Å². The molecule has 1 atom stereocenters. The molecule has 0 saturated heterocycles. The van der Waals surface area contributed by atoms with E-state index in [0.717, 1.165) is 5.56 Å². The number of nitro groups is 1. The third-order valence-corrected chi connectivity index (χ3v) is 2.36. The average Bonchev–Trinajstić information content (AvgIpc) is 2.17. The van der Waals surface area contributed by atoms with Crippen LogP contribution in [0.4, 0.5) is 5.69 Å². The van der Waals surface area contributed by atoms with E-state index < -0.39 is 0 Å². The van der Waals surface area contributed by atoms with Crippen molar-refractivity contribution in [2.24, 2.45) is 0 Å². The van der Waals surface area contributed by atoms with Gasteiger partial charge < -0.3 is 5.32 Å². The minimum atomic E-state index is -0.346. The van der Waals surface area contributed by atoms with Gasteiger partial charge in [-0.2, -0.15) is 0 Å². The molecule has 0 aliphatic carbocycles. The summed E-state index contributed by atoms with van der Waals surface area (Å²) >= 11 is 0. The molecule has 0 heterocycles. The van der Waals surface area contributed by atoms with E-state index in [2.05, 4.69) is 5.32 Å². The quantitative estimate of drug-likeness (QED) is 0.592. The molecular weight excluding hydrogens is 180 g/mol. The number of rotatable bonds is 3. The molecule has 0 aromatic heterocycles. The number of benzene rings is 1. The molecule has 0 amide bonds. The average molecular weight is 194 g/mol. The molecule has 1 N–H and O–H groups in total. The summed E-state index contributed by atoms with van der Waals surface area (Å²) in [5.41, 5.74) is 1.82. The number of hydrogen-bond acceptors (Lipinski definition) is 3. The highest BCUT2D eigenvalue weighted by Gasteiger charge is 2.12. The van der Waals surface area contributed by atoms with Crippen molar-refractivity contribution in [2.75, 3.05) is 7.05 Å². The number of nitrogens with zero attached hydrogens (tertiary/aromatic N) is 1. The van der Waals surface area contributed by atoms with Crippen LogP contribution >= 0.6 is 0 Å². The third kappa shape index (κ3) is 2.09. The zero-order chi connectivity index (χ0) is 10.7. The highest BCUT2D eigenvalue weighted by molar-refractivity contribution is 5.43. The minimum absolute atomic E-state index is 0.134. The Morgan fingerprint density at radius 3 is 2.64 bits per heavy atom. The van der Waals surface area contributed by atoms with E-state index >= 15 is 0 Å². The summed E-state index contributed by atoms with van der Waals surface area (Å²) in [4.78, 5) is 10.3. The van der Waals surface area contributed by atoms with Gasteiger partial charge in [0.2, 0.25) is 0 Å². The minimum Gasteiger partial charge on any atom is -0.313 e. The summed E-state index contributed by atoms with van der Waals surface area (Å²) in [6.07, 6.45) is 0. The molecule has 14 heavy (non-hydrogen) atoms. The Morgan fingerprint density at radius 1 is 1.50 bits per heavy atom. The van der Waals surface area contributed by atoms with Gasteiger partial charge in [-0.05, 0) is 26.5 Å². The Hall–Kier alpha value is -1.42. The second kappa shape index (κ2) is 4.19. The molecule has 0 aliphatic heterocycles. The zero-order valence-corrected chi connectivity index (χ0v) is 8.57. The first-order valence-electron chi connectivity index (χ1n) is 4.48. The van der Waals surface area contributed by atoms with Crippen molar-refractivity contribution in [1.82, 2.24) is 5.32 Å². The van der Waals surface area contributed by atoms with Crippen molar-refractivity contribution in [1.29, 1.82) is 0 Å². The standard InChI is InChI=1S/C10H14N2O2/c1-7-4-5-9(8(2)11-3)6-10(7)12(13)14/h4-6,8,11H,1-3H3/t8-/m0/s1. The van der Waals surface area contributed by atoms with Crippen LogP contribution in [0.15, 0.2) is 18.2 Å². The zero-order valence-electron chi connectivity index (χ0n) is 8.57. The predicted molar refractivity (Wildman–Crippen MR) is 55.3 cm³/mol. The summed E-state index contributed by atoms with van der Waals surface area (Å²) < 4.78 is 0. The van der Waals surface area contributed by atoms with E-state index in [1.54, 1.807) is 19.1 Å². The summed E-state index contributed by atoms with van der Waals surface area (Å²) in [6, 6.07) is 5.44. The van der Waals surface area contributed by atoms with Crippen LogP contribution in [-0.4, -0.2) is 12.0 Å². The monoisotopic (exact) mass is 194 g/mol. The molecular formula is C10H14N2O2. The number of aryl methyl sites for hydroxylation is 1. The molecule has 0 fully saturated rings. The normalized spacial score (nSPS) is 12.5. The van der Waals surface area contributed by atoms with Gasteiger partial charge in [0.1, 0.15) is 0 Å². The van der Waals surface area contributed by atoms with Crippen LogP contribution in [0.25, 0.3) is 0 Å². The van der Waals surface area contributed by atoms with E-state index in [9.17, 15) is 10.1 Å². The van der Waals surface area contributed by atoms with E-state index in [1.807, 2.05) is 20.0 Å². The van der Waals surface area contributed by atoms with E-state index in [1.165, 1.54) is 0 Å². The van der Waals surface area contributed by atoms with Crippen LogP contribution in [-0.2, 0) is 0 Å². The number of nitro benzene ring substituents is 1. The van der Waals surface area contributed by atoms with Gasteiger partial charge in [0.05, 0.1) is 4.92 Å². The van der Waals surface area contributed by atoms with Gasteiger partial charge in [0.15, 0.2) is 0 Å². The topological polar surface area (TPSA) is 55.2 Å². The molecule has 0 saturated carbocycles. The van der Waals surface area contributed by atoms with E-state index in [4.69, 9.17) is 0 Å². The highest BCUT2D eigenvalue weighted by Crippen LogP contribution is 2.22. The fourth-order valence-electron chi connectivity index (χ4n) is 1.26. The molecule has 4 nitrogen and oxygen atoms in total. The number of nitrogens with one attached hydrogen (secondary N) is 1. The van der Waals surface area contributed by atoms with Crippen LogP contribution in [0.1, 0.15) is 24.1 Å². The van der Waals surface area contributed by atoms with E-state index in [-0.39, 0.29) is 16.7 Å². The Balaban J connectivity index is 3.12. The molecule has 4 heteroatoms. The largest absolute Gasteiger partial charge is 0.313 e. The molecule has 76 valence electrons. The third-order valence-electron chi connectivity index (χ3n) is 2.36. The van der Waals surface area contributed by atoms with Crippen molar-refractivity contribution in [3.8, 4) is 0 Å². The van der Waals surface area contributed by atoms with Gasteiger partial charge in [0, 0.05) is 17.7 Å². The second-order valence-electron chi connectivity index (χ2n) is 3.31. The number of hydrogen-bond donors (Lipinski definition) is 1. The Bertz CT molecular complexity index is 350. The van der Waals surface area contributed by atoms with Gasteiger partial charge in [0.25, 0.3) is 5.69 Å². The van der Waals surface area contributed by atoms with Crippen LogP contribution in [0.2, 0.25) is 0 Å². The Morgan fingerprint density at radius 2 is 2.14 bits per heavy atom. The summed E-state index contributed by atoms with van der Waals surface area (Å²) in [5, 5.41) is 13.7. The first-order chi connectivity index (χ1) is 6.56. The summed E-state index contributed by atoms with van der Waals surface area (Å²) in [6.45, 7) is 3.71. The molecule has 1 aromatic rings. The molecule has 1 rings (SSSR count). The second-order valence-corrected chi connectivity index (χ2v) is 3.31. The van der Waals surface area contributed by atoms with Crippen LogP contribution < -0.4 is 5.32 Å². The fraction of sp³-hybridized carbons (Fsp3) is 0.400. The van der Waals surface area contributed by atoms with Crippen LogP contribution in [0.3, 0.4) is 0 Å². The van der Waals surface area contributed by atoms with Crippen LogP contribution in [0.5, 0.6) is 0 Å². The van der Waals surface area contributed by atoms with Crippen molar-refractivity contribution < 1.29 is 4.92 Å². The lowest BCUT2D eigenvalue weighted by atomic mass is 10.1. The maximum absolute atomic E-state index is 10.7. The van der Waals surface area contributed by atoms with Gasteiger partial charge in [-0.15, -0.1) is 0 Å². The lowest BCUT2D eigenvalue weighted by Gasteiger charge is -2.10. The maximum atomic E-state index is 10.7. The fourth-order valence-corrected chi connectivity index (χ4v) is 1.26. The molecule has 1 aromatic carbocycles. The molecule has 0 radical (unpaired) electrons. The van der Waals surface area contributed by atoms with Gasteiger partial charge in [-0.3, -0.25) is 10.1 Å². The smallest absolute Gasteiger partial charge is 0.272 e. The molecule has 0 bridgehead atoms. The lowest BCUT2D eigenvalue weighted by Crippen LogP contribution is -2.12. The lowest BCUT2D eigenvalue weighted by molar-refractivity contribution is -0.385. The summed E-state index contributed by atoms with van der Waals surface area (Å²) in [7, 11) is 1.83. The first-order valence-corrected chi connectivity index (χ1v) is 4.48. The van der Waals surface area contributed by atoms with Crippen LogP contribution in [0, 0.1) is 17.0 Å². The van der Waals surface area contributed by atoms with Crippen molar-refractivity contribution in [3.63, 3.8) is 0 Å². The van der Waals surface area contributed by atoms with Crippen molar-refractivity contribution >= 4 is 5.69 Å². The summed E-state index contributed by atoms with van der Waals surface area (Å²) in [5.74, 6) is 0. The Kier molecular flexibility index (Phi) is 3.19. The first kappa shape index (κ1) is 10.7. The SMILES string of the molecule is CN[C@@H](C)c1ccc(C)c([N+](=O)[O-])c1. The molecule has 0 unspecified atom stereocenters. The maximum Gasteiger partial charge on any atom is 0.272 e. The Labute approximate surface area is 83.1 Å². The van der Waals surface area contributed by atoms with Gasteiger partial charge >= 0.3 is 0 Å². The van der Waals surface area contributed by atoms with Gasteiger partial charge in [-0.1, -0.05) is 12.1 Å². The van der Waals surface area contributed by atoms with Gasteiger partial charge in [-0.25, -0.2) is 0 Å². The molecule has 0 spiro atoms. The molecule has 0 aliphatic rings. The van der Waals surface area contributed by atoms with Crippen molar-refractivity contribution in [2.45, 2.75) is 19.9 Å². The van der Waals surface area contributed by atoms with E-state index in [0.29, 0.717) is 5.56 Å².